The van der Waals surface area contributed by atoms with Crippen LogP contribution >= 0.6 is 11.6 Å². The van der Waals surface area contributed by atoms with Crippen LogP contribution in [0.2, 0.25) is 5.02 Å². The summed E-state index contributed by atoms with van der Waals surface area (Å²) >= 11 is 5.82. The molecule has 26 heavy (non-hydrogen) atoms. The van der Waals surface area contributed by atoms with Crippen molar-refractivity contribution in [2.24, 2.45) is 0 Å². The van der Waals surface area contributed by atoms with Crippen LogP contribution in [-0.2, 0) is 4.74 Å². The zero-order valence-electron chi connectivity index (χ0n) is 14.6. The van der Waals surface area contributed by atoms with Gasteiger partial charge in [0, 0.05) is 10.6 Å². The second-order valence-electron chi connectivity index (χ2n) is 6.02. The van der Waals surface area contributed by atoms with Crippen molar-refractivity contribution in [3.63, 3.8) is 0 Å². The summed E-state index contributed by atoms with van der Waals surface area (Å²) in [7, 11) is 0. The van der Waals surface area contributed by atoms with Crippen LogP contribution in [0, 0.1) is 13.8 Å². The van der Waals surface area contributed by atoms with Gasteiger partial charge in [-0.25, -0.2) is 14.8 Å². The number of rotatable bonds is 4. The van der Waals surface area contributed by atoms with Crippen LogP contribution in [0.25, 0.3) is 11.0 Å². The lowest BCUT2D eigenvalue weighted by Crippen LogP contribution is -2.24. The molecule has 1 aromatic heterocycles. The topological polar surface area (TPSA) is 69.2 Å². The first kappa shape index (κ1) is 18.0. The summed E-state index contributed by atoms with van der Waals surface area (Å²) in [6, 6.07) is 11.4. The van der Waals surface area contributed by atoms with Crippen molar-refractivity contribution in [2.75, 3.05) is 0 Å². The molecule has 1 heterocycles. The van der Waals surface area contributed by atoms with Gasteiger partial charge in [-0.15, -0.1) is 0 Å². The fourth-order valence-corrected chi connectivity index (χ4v) is 2.61. The van der Waals surface area contributed by atoms with E-state index in [0.717, 1.165) is 11.4 Å². The highest BCUT2D eigenvalue weighted by Gasteiger charge is 2.20. The highest BCUT2D eigenvalue weighted by Crippen LogP contribution is 2.17. The van der Waals surface area contributed by atoms with Crippen LogP contribution < -0.4 is 0 Å². The quantitative estimate of drug-likeness (QED) is 0.506. The number of hydrogen-bond donors (Lipinski definition) is 0. The van der Waals surface area contributed by atoms with Gasteiger partial charge in [0.05, 0.1) is 28.0 Å². The number of nitrogens with zero attached hydrogens (tertiary/aromatic N) is 2. The Kier molecular flexibility index (Phi) is 5.00. The Hall–Kier alpha value is -2.79. The van der Waals surface area contributed by atoms with Crippen LogP contribution in [0.4, 0.5) is 0 Å². The van der Waals surface area contributed by atoms with E-state index in [-0.39, 0.29) is 5.78 Å². The Balaban J connectivity index is 1.78. The molecule has 0 bridgehead atoms. The number of hydrogen-bond acceptors (Lipinski definition) is 5. The second kappa shape index (κ2) is 7.22. The molecule has 0 saturated carbocycles. The van der Waals surface area contributed by atoms with Gasteiger partial charge < -0.3 is 4.74 Å². The fourth-order valence-electron chi connectivity index (χ4n) is 2.49. The lowest BCUT2D eigenvalue weighted by atomic mass is 10.1. The van der Waals surface area contributed by atoms with Gasteiger partial charge in [0.1, 0.15) is 0 Å². The fraction of sp³-hybridized carbons (Fsp3) is 0.200. The van der Waals surface area contributed by atoms with Crippen LogP contribution in [0.15, 0.2) is 42.5 Å². The number of fused-ring (bicyclic) bond motifs is 1. The van der Waals surface area contributed by atoms with E-state index in [0.29, 0.717) is 27.2 Å². The molecule has 0 saturated heterocycles. The average Bonchev–Trinajstić information content (AvgIpc) is 2.62. The van der Waals surface area contributed by atoms with E-state index in [1.54, 1.807) is 49.4 Å². The number of aryl methyl sites for hydroxylation is 2. The summed E-state index contributed by atoms with van der Waals surface area (Å²) in [4.78, 5) is 33.6. The molecule has 0 fully saturated rings. The number of carbonyl (C=O) groups excluding carboxylic acids is 2. The van der Waals surface area contributed by atoms with Crippen molar-refractivity contribution < 1.29 is 14.3 Å². The van der Waals surface area contributed by atoms with Gasteiger partial charge in [0.15, 0.2) is 6.10 Å². The second-order valence-corrected chi connectivity index (χ2v) is 6.45. The first-order chi connectivity index (χ1) is 12.3. The molecule has 5 nitrogen and oxygen atoms in total. The predicted molar refractivity (Wildman–Crippen MR) is 99.7 cm³/mol. The van der Waals surface area contributed by atoms with Gasteiger partial charge >= 0.3 is 5.97 Å². The molecule has 3 aromatic rings. The number of esters is 1. The maximum Gasteiger partial charge on any atom is 0.338 e. The summed E-state index contributed by atoms with van der Waals surface area (Å²) in [5.74, 6) is -0.871. The number of ketones is 1. The Labute approximate surface area is 156 Å². The molecular weight excluding hydrogens is 352 g/mol. The van der Waals surface area contributed by atoms with Gasteiger partial charge in [-0.3, -0.25) is 4.79 Å². The standard InChI is InChI=1S/C20H17ClN2O3/c1-11-12(2)23-18-10-15(6-9-17(18)22-11)20(25)26-13(3)19(24)14-4-7-16(21)8-5-14/h4-10,13H,1-3H3/t13-/m1/s1. The zero-order chi connectivity index (χ0) is 18.8. The first-order valence-corrected chi connectivity index (χ1v) is 8.48. The predicted octanol–water partition coefficient (Wildman–Crippen LogP) is 4.33. The number of Topliss-reactive ketones (excluding diaryl/α,β-unsaturated/α-hetero) is 1. The number of halogens is 1. The number of benzene rings is 2. The zero-order valence-corrected chi connectivity index (χ0v) is 15.4. The number of aromatic nitrogens is 2. The van der Waals surface area contributed by atoms with Gasteiger partial charge in [-0.1, -0.05) is 11.6 Å². The molecule has 0 aliphatic rings. The molecule has 0 radical (unpaired) electrons. The third kappa shape index (κ3) is 3.73. The van der Waals surface area contributed by atoms with E-state index in [1.165, 1.54) is 0 Å². The van der Waals surface area contributed by atoms with Gasteiger partial charge in [-0.05, 0) is 63.2 Å². The van der Waals surface area contributed by atoms with E-state index < -0.39 is 12.1 Å². The highest BCUT2D eigenvalue weighted by molar-refractivity contribution is 6.30. The van der Waals surface area contributed by atoms with Gasteiger partial charge in [0.25, 0.3) is 0 Å². The molecule has 3 rings (SSSR count). The molecule has 6 heteroatoms. The van der Waals surface area contributed by atoms with E-state index in [2.05, 4.69) is 9.97 Å². The average molecular weight is 369 g/mol. The minimum absolute atomic E-state index is 0.290. The summed E-state index contributed by atoms with van der Waals surface area (Å²) < 4.78 is 5.32. The molecule has 0 unspecified atom stereocenters. The maximum absolute atomic E-state index is 12.4. The first-order valence-electron chi connectivity index (χ1n) is 8.11. The monoisotopic (exact) mass is 368 g/mol. The lowest BCUT2D eigenvalue weighted by molar-refractivity contribution is 0.0319. The van der Waals surface area contributed by atoms with Crippen LogP contribution in [-0.4, -0.2) is 27.8 Å². The van der Waals surface area contributed by atoms with Crippen molar-refractivity contribution in [2.45, 2.75) is 26.9 Å². The third-order valence-electron chi connectivity index (χ3n) is 4.09. The van der Waals surface area contributed by atoms with Crippen molar-refractivity contribution >= 4 is 34.4 Å². The molecule has 0 spiro atoms. The van der Waals surface area contributed by atoms with Crippen LogP contribution in [0.1, 0.15) is 39.0 Å². The number of carbonyl (C=O) groups is 2. The summed E-state index contributed by atoms with van der Waals surface area (Å²) in [5, 5.41) is 0.536. The van der Waals surface area contributed by atoms with Crippen LogP contribution in [0.3, 0.4) is 0 Å². The Morgan fingerprint density at radius 2 is 1.50 bits per heavy atom. The van der Waals surface area contributed by atoms with Crippen LogP contribution in [0.5, 0.6) is 0 Å². The Morgan fingerprint density at radius 1 is 0.923 bits per heavy atom. The number of ether oxygens (including phenoxy) is 1. The third-order valence-corrected chi connectivity index (χ3v) is 4.34. The van der Waals surface area contributed by atoms with Gasteiger partial charge in [0.2, 0.25) is 5.78 Å². The Bertz CT molecular complexity index is 1000. The smallest absolute Gasteiger partial charge is 0.338 e. The van der Waals surface area contributed by atoms with Crippen molar-refractivity contribution in [3.05, 3.63) is 70.0 Å². The summed E-state index contributed by atoms with van der Waals surface area (Å²) in [6.45, 7) is 5.29. The minimum atomic E-state index is -0.912. The highest BCUT2D eigenvalue weighted by atomic mass is 35.5. The largest absolute Gasteiger partial charge is 0.451 e. The lowest BCUT2D eigenvalue weighted by Gasteiger charge is -2.13. The molecule has 2 aromatic carbocycles. The molecule has 132 valence electrons. The molecule has 0 amide bonds. The molecule has 0 aliphatic heterocycles. The van der Waals surface area contributed by atoms with Crippen molar-refractivity contribution in [3.8, 4) is 0 Å². The van der Waals surface area contributed by atoms with E-state index in [9.17, 15) is 9.59 Å². The van der Waals surface area contributed by atoms with Gasteiger partial charge in [-0.2, -0.15) is 0 Å². The van der Waals surface area contributed by atoms with Crippen molar-refractivity contribution in [1.29, 1.82) is 0 Å². The Morgan fingerprint density at radius 3 is 2.15 bits per heavy atom. The summed E-state index contributed by atoms with van der Waals surface area (Å²) in [6.07, 6.45) is -0.912. The molecule has 0 N–H and O–H groups in total. The summed E-state index contributed by atoms with van der Waals surface area (Å²) in [5.41, 5.74) is 3.72. The van der Waals surface area contributed by atoms with E-state index >= 15 is 0 Å². The van der Waals surface area contributed by atoms with Crippen molar-refractivity contribution in [1.82, 2.24) is 9.97 Å². The molecular formula is C20H17ClN2O3. The van der Waals surface area contributed by atoms with E-state index in [4.69, 9.17) is 16.3 Å². The van der Waals surface area contributed by atoms with E-state index in [1.807, 2.05) is 13.8 Å². The minimum Gasteiger partial charge on any atom is -0.451 e. The molecule has 1 atom stereocenters. The maximum atomic E-state index is 12.4. The normalized spacial score (nSPS) is 12.0. The molecule has 0 aliphatic carbocycles. The SMILES string of the molecule is Cc1nc2ccc(C(=O)O[C@H](C)C(=O)c3ccc(Cl)cc3)cc2nc1C.